The third-order valence-corrected chi connectivity index (χ3v) is 7.18. The number of rotatable bonds is 8. The molecule has 2 heterocycles. The van der Waals surface area contributed by atoms with E-state index in [1.165, 1.54) is 4.90 Å². The Morgan fingerprint density at radius 2 is 1.71 bits per heavy atom. The molecule has 1 atom stereocenters. The van der Waals surface area contributed by atoms with E-state index in [9.17, 15) is 4.79 Å². The molecule has 0 saturated heterocycles. The van der Waals surface area contributed by atoms with Crippen molar-refractivity contribution >= 4 is 17.7 Å². The topological polar surface area (TPSA) is 67.5 Å². The van der Waals surface area contributed by atoms with Crippen LogP contribution in [-0.4, -0.2) is 48.0 Å². The molecule has 0 aliphatic carbocycles. The molecular weight excluding hydrogens is 458 g/mol. The summed E-state index contributed by atoms with van der Waals surface area (Å²) in [5, 5.41) is 7.59. The SMILES string of the molecule is COc1ccc(CCN2C(=O)c3[nH]nc(-c4ccccc4)c3C2c2ccc(SC)cc2)cc1OC. The highest BCUT2D eigenvalue weighted by molar-refractivity contribution is 7.98. The summed E-state index contributed by atoms with van der Waals surface area (Å²) in [5.74, 6) is 1.34. The minimum absolute atomic E-state index is 0.0332. The molecule has 0 spiro atoms. The number of aromatic nitrogens is 2. The van der Waals surface area contributed by atoms with Gasteiger partial charge in [0, 0.05) is 22.6 Å². The Hall–Kier alpha value is -3.71. The predicted octanol–water partition coefficient (Wildman–Crippen LogP) is 5.60. The van der Waals surface area contributed by atoms with E-state index in [0.717, 1.165) is 27.9 Å². The van der Waals surface area contributed by atoms with E-state index in [0.29, 0.717) is 30.2 Å². The van der Waals surface area contributed by atoms with Crippen LogP contribution in [0.5, 0.6) is 11.5 Å². The summed E-state index contributed by atoms with van der Waals surface area (Å²) in [5.41, 5.74) is 5.46. The highest BCUT2D eigenvalue weighted by Gasteiger charge is 2.41. The first-order valence-electron chi connectivity index (χ1n) is 11.4. The Labute approximate surface area is 209 Å². The van der Waals surface area contributed by atoms with Crippen molar-refractivity contribution in [2.45, 2.75) is 17.4 Å². The molecule has 1 amide bonds. The molecule has 4 aromatic rings. The third kappa shape index (κ3) is 4.28. The zero-order chi connectivity index (χ0) is 24.4. The lowest BCUT2D eigenvalue weighted by Crippen LogP contribution is -2.31. The van der Waals surface area contributed by atoms with Crippen molar-refractivity contribution in [3.8, 4) is 22.8 Å². The third-order valence-electron chi connectivity index (χ3n) is 6.43. The van der Waals surface area contributed by atoms with Gasteiger partial charge in [-0.05, 0) is 48.1 Å². The Morgan fingerprint density at radius 3 is 2.40 bits per heavy atom. The highest BCUT2D eigenvalue weighted by atomic mass is 32.2. The van der Waals surface area contributed by atoms with Gasteiger partial charge < -0.3 is 14.4 Å². The minimum Gasteiger partial charge on any atom is -0.493 e. The number of hydrogen-bond acceptors (Lipinski definition) is 5. The second-order valence-corrected chi connectivity index (χ2v) is 9.22. The van der Waals surface area contributed by atoms with Crippen molar-refractivity contribution in [1.82, 2.24) is 15.1 Å². The van der Waals surface area contributed by atoms with Crippen molar-refractivity contribution in [3.63, 3.8) is 0 Å². The van der Waals surface area contributed by atoms with Crippen molar-refractivity contribution in [2.75, 3.05) is 27.0 Å². The summed E-state index contributed by atoms with van der Waals surface area (Å²) in [6.07, 6.45) is 2.75. The van der Waals surface area contributed by atoms with Crippen molar-refractivity contribution < 1.29 is 14.3 Å². The van der Waals surface area contributed by atoms with E-state index < -0.39 is 0 Å². The van der Waals surface area contributed by atoms with Gasteiger partial charge in [-0.3, -0.25) is 9.89 Å². The second-order valence-electron chi connectivity index (χ2n) is 8.34. The van der Waals surface area contributed by atoms with Gasteiger partial charge in [-0.15, -0.1) is 11.8 Å². The van der Waals surface area contributed by atoms with Gasteiger partial charge in [0.15, 0.2) is 11.5 Å². The van der Waals surface area contributed by atoms with Gasteiger partial charge in [0.1, 0.15) is 5.69 Å². The summed E-state index contributed by atoms with van der Waals surface area (Å²) in [7, 11) is 3.25. The van der Waals surface area contributed by atoms with Crippen LogP contribution in [-0.2, 0) is 6.42 Å². The molecule has 0 bridgehead atoms. The fourth-order valence-corrected chi connectivity index (χ4v) is 5.07. The van der Waals surface area contributed by atoms with Gasteiger partial charge in [0.25, 0.3) is 5.91 Å². The summed E-state index contributed by atoms with van der Waals surface area (Å²) >= 11 is 1.70. The normalized spacial score (nSPS) is 14.8. The van der Waals surface area contributed by atoms with Crippen LogP contribution in [0.2, 0.25) is 0 Å². The Balaban J connectivity index is 1.52. The molecule has 5 rings (SSSR count). The fraction of sp³-hybridized carbons (Fsp3) is 0.214. The number of ether oxygens (including phenoxy) is 2. The Kier molecular flexibility index (Phi) is 6.51. The first kappa shape index (κ1) is 23.1. The first-order chi connectivity index (χ1) is 17.1. The number of carbonyl (C=O) groups is 1. The molecule has 0 fully saturated rings. The Morgan fingerprint density at radius 1 is 0.971 bits per heavy atom. The van der Waals surface area contributed by atoms with Gasteiger partial charge in [-0.2, -0.15) is 5.10 Å². The summed E-state index contributed by atoms with van der Waals surface area (Å²) in [6.45, 7) is 0.556. The number of amides is 1. The average Bonchev–Trinajstić information content (AvgIpc) is 3.46. The van der Waals surface area contributed by atoms with Crippen LogP contribution >= 0.6 is 11.8 Å². The van der Waals surface area contributed by atoms with E-state index in [1.54, 1.807) is 26.0 Å². The van der Waals surface area contributed by atoms with Crippen LogP contribution in [0.1, 0.15) is 33.2 Å². The molecule has 6 nitrogen and oxygen atoms in total. The zero-order valence-corrected chi connectivity index (χ0v) is 20.8. The lowest BCUT2D eigenvalue weighted by atomic mass is 9.96. The van der Waals surface area contributed by atoms with E-state index in [4.69, 9.17) is 9.47 Å². The van der Waals surface area contributed by atoms with Gasteiger partial charge in [0.05, 0.1) is 26.0 Å². The quantitative estimate of drug-likeness (QED) is 0.329. The van der Waals surface area contributed by atoms with E-state index in [-0.39, 0.29) is 11.9 Å². The van der Waals surface area contributed by atoms with E-state index in [1.807, 2.05) is 53.4 Å². The van der Waals surface area contributed by atoms with Crippen LogP contribution in [0.3, 0.4) is 0 Å². The number of benzene rings is 3. The van der Waals surface area contributed by atoms with Crippen LogP contribution in [0, 0.1) is 0 Å². The number of aromatic amines is 1. The first-order valence-corrected chi connectivity index (χ1v) is 12.7. The van der Waals surface area contributed by atoms with Gasteiger partial charge in [-0.25, -0.2) is 0 Å². The van der Waals surface area contributed by atoms with E-state index >= 15 is 0 Å². The molecule has 1 aromatic heterocycles. The highest BCUT2D eigenvalue weighted by Crippen LogP contribution is 2.43. The summed E-state index contributed by atoms with van der Waals surface area (Å²) < 4.78 is 10.8. The van der Waals surface area contributed by atoms with Gasteiger partial charge >= 0.3 is 0 Å². The molecule has 35 heavy (non-hydrogen) atoms. The number of thioether (sulfide) groups is 1. The molecule has 1 unspecified atom stereocenters. The molecule has 1 aliphatic rings. The lowest BCUT2D eigenvalue weighted by molar-refractivity contribution is 0.0746. The maximum absolute atomic E-state index is 13.6. The average molecular weight is 486 g/mol. The fourth-order valence-electron chi connectivity index (χ4n) is 4.66. The van der Waals surface area contributed by atoms with Crippen LogP contribution < -0.4 is 9.47 Å². The molecule has 0 radical (unpaired) electrons. The minimum atomic E-state index is -0.220. The number of fused-ring (bicyclic) bond motifs is 1. The van der Waals surface area contributed by atoms with Crippen LogP contribution in [0.15, 0.2) is 77.7 Å². The number of methoxy groups -OCH3 is 2. The summed E-state index contributed by atoms with van der Waals surface area (Å²) in [6, 6.07) is 24.1. The second kappa shape index (κ2) is 9.88. The van der Waals surface area contributed by atoms with Crippen molar-refractivity contribution in [3.05, 3.63) is 95.2 Å². The molecular formula is C28H27N3O3S. The zero-order valence-electron chi connectivity index (χ0n) is 19.9. The van der Waals surface area contributed by atoms with Crippen LogP contribution in [0.25, 0.3) is 11.3 Å². The maximum atomic E-state index is 13.6. The molecule has 1 N–H and O–H groups in total. The molecule has 0 saturated carbocycles. The maximum Gasteiger partial charge on any atom is 0.273 e. The Bertz CT molecular complexity index is 1340. The predicted molar refractivity (Wildman–Crippen MR) is 138 cm³/mol. The van der Waals surface area contributed by atoms with Gasteiger partial charge in [0.2, 0.25) is 0 Å². The number of hydrogen-bond donors (Lipinski definition) is 1. The molecule has 1 aliphatic heterocycles. The largest absolute Gasteiger partial charge is 0.493 e. The standard InChI is InChI=1S/C28H27N3O3S/c1-33-22-14-9-18(17-23(22)34-2)15-16-31-27(20-10-12-21(35-3)13-11-20)24-25(19-7-5-4-6-8-19)29-30-26(24)28(31)32/h4-14,17,27H,15-16H2,1-3H3,(H,29,30). The number of H-pyrrole nitrogens is 1. The molecule has 7 heteroatoms. The van der Waals surface area contributed by atoms with Crippen molar-refractivity contribution in [2.24, 2.45) is 0 Å². The number of nitrogens with one attached hydrogen (secondary N) is 1. The molecule has 3 aromatic carbocycles. The van der Waals surface area contributed by atoms with Crippen molar-refractivity contribution in [1.29, 1.82) is 0 Å². The van der Waals surface area contributed by atoms with E-state index in [2.05, 4.69) is 40.7 Å². The monoisotopic (exact) mass is 485 g/mol. The van der Waals surface area contributed by atoms with Gasteiger partial charge in [-0.1, -0.05) is 48.5 Å². The smallest absolute Gasteiger partial charge is 0.273 e. The number of nitrogens with zero attached hydrogens (tertiary/aromatic N) is 2. The lowest BCUT2D eigenvalue weighted by Gasteiger charge is -2.26. The molecule has 178 valence electrons. The van der Waals surface area contributed by atoms with Crippen LogP contribution in [0.4, 0.5) is 0 Å². The summed E-state index contributed by atoms with van der Waals surface area (Å²) in [4.78, 5) is 16.7. The number of carbonyl (C=O) groups excluding carboxylic acids is 1.